The standard InChI is InChI=1S/C4H8O2.2C2H4O2.2CH4O.2CH4.ClO.Na/c1-3-6-4(2)5;2*1-2(3)4;2*1-2;;;1-2;/h3H2,1-2H3;2*1H3,(H,3,4);2*2H,1H3;2*1H4;;/q;;;;;;;-1;+1. The number of aliphatic hydroxyl groups is 2. The smallest absolute Gasteiger partial charge is 0.769 e. The van der Waals surface area contributed by atoms with Crippen LogP contribution in [0.3, 0.4) is 0 Å². The summed E-state index contributed by atoms with van der Waals surface area (Å²) in [7, 11) is 2.00. The van der Waals surface area contributed by atoms with E-state index in [1.807, 2.05) is 0 Å². The maximum Gasteiger partial charge on any atom is 1.00 e. The molecule has 11 heteroatoms. The molecule has 4 N–H and O–H groups in total. The molecule has 0 spiro atoms. The van der Waals surface area contributed by atoms with Crippen LogP contribution >= 0.6 is 11.9 Å². The second kappa shape index (κ2) is 81.7. The van der Waals surface area contributed by atoms with Crippen LogP contribution in [0.4, 0.5) is 0 Å². The Balaban J connectivity index is -0.0000000151. The first-order valence-electron chi connectivity index (χ1n) is 4.81. The Bertz CT molecular complexity index is 173. The molecule has 0 saturated carbocycles. The van der Waals surface area contributed by atoms with Crippen molar-refractivity contribution in [2.45, 2.75) is 42.5 Å². The van der Waals surface area contributed by atoms with E-state index < -0.39 is 11.9 Å². The van der Waals surface area contributed by atoms with Crippen LogP contribution in [-0.4, -0.2) is 59.2 Å². The summed E-state index contributed by atoms with van der Waals surface area (Å²) in [5, 5.41) is 28.8. The number of carbonyl (C=O) groups is 3. The first kappa shape index (κ1) is 57.0. The molecule has 0 aromatic heterocycles. The van der Waals surface area contributed by atoms with E-state index in [0.29, 0.717) is 6.61 Å². The van der Waals surface area contributed by atoms with Crippen molar-refractivity contribution in [2.75, 3.05) is 20.8 Å². The molecule has 0 radical (unpaired) electrons. The number of carboxylic acids is 2. The van der Waals surface area contributed by atoms with Crippen molar-refractivity contribution in [3.63, 3.8) is 0 Å². The van der Waals surface area contributed by atoms with E-state index in [1.165, 1.54) is 6.92 Å². The van der Waals surface area contributed by atoms with Gasteiger partial charge in [-0.2, -0.15) is 0 Å². The molecule has 0 bridgehead atoms. The van der Waals surface area contributed by atoms with Crippen LogP contribution in [-0.2, 0) is 19.1 Å². The number of aliphatic carboxylic acids is 2. The van der Waals surface area contributed by atoms with Crippen molar-refractivity contribution < 1.29 is 73.8 Å². The Kier molecular flexibility index (Phi) is 202. The molecule has 0 aliphatic heterocycles. The van der Waals surface area contributed by atoms with Gasteiger partial charge in [0.2, 0.25) is 0 Å². The van der Waals surface area contributed by atoms with Gasteiger partial charge in [0.1, 0.15) is 0 Å². The average molecular weight is 379 g/mol. The first-order chi connectivity index (χ1) is 9.23. The van der Waals surface area contributed by atoms with E-state index >= 15 is 0 Å². The molecule has 0 unspecified atom stereocenters. The predicted molar refractivity (Wildman–Crippen MR) is 84.5 cm³/mol. The zero-order chi connectivity index (χ0) is 18.1. The van der Waals surface area contributed by atoms with Crippen LogP contribution in [0.5, 0.6) is 0 Å². The van der Waals surface area contributed by atoms with Gasteiger partial charge < -0.3 is 29.8 Å². The van der Waals surface area contributed by atoms with E-state index in [4.69, 9.17) is 34.7 Å². The summed E-state index contributed by atoms with van der Waals surface area (Å²) in [4.78, 5) is 27.8. The summed E-state index contributed by atoms with van der Waals surface area (Å²) < 4.78 is 12.1. The van der Waals surface area contributed by atoms with Crippen LogP contribution < -0.4 is 34.2 Å². The van der Waals surface area contributed by atoms with Crippen LogP contribution in [0.1, 0.15) is 42.5 Å². The monoisotopic (exact) mass is 378 g/mol. The molecule has 142 valence electrons. The SMILES string of the molecule is C.C.CC(=O)O.CC(=O)O.CCOC(C)=O.CO.CO.[Na+].[O-]Cl. The molecule has 0 aliphatic rings. The summed E-state index contributed by atoms with van der Waals surface area (Å²) >= 11 is 3.39. The third-order valence-corrected chi connectivity index (χ3v) is 0.348. The number of hydrogen-bond donors (Lipinski definition) is 4. The van der Waals surface area contributed by atoms with Gasteiger partial charge in [-0.1, -0.05) is 14.9 Å². The fourth-order valence-electron chi connectivity index (χ4n) is 0.203. The molecular weight excluding hydrogens is 347 g/mol. The molecule has 0 amide bonds. The minimum atomic E-state index is -0.833. The molecule has 0 rings (SSSR count). The van der Waals surface area contributed by atoms with E-state index in [-0.39, 0.29) is 50.4 Å². The number of aliphatic hydroxyl groups excluding tert-OH is 2. The Morgan fingerprint density at radius 2 is 1.00 bits per heavy atom. The largest absolute Gasteiger partial charge is 1.00 e. The van der Waals surface area contributed by atoms with Gasteiger partial charge >= 0.3 is 35.5 Å². The van der Waals surface area contributed by atoms with Crippen molar-refractivity contribution in [1.82, 2.24) is 0 Å². The van der Waals surface area contributed by atoms with Gasteiger partial charge in [-0.15, -0.1) is 0 Å². The average Bonchev–Trinajstić information content (AvgIpc) is 2.35. The van der Waals surface area contributed by atoms with Gasteiger partial charge in [0.05, 0.1) is 6.61 Å². The van der Waals surface area contributed by atoms with Crippen LogP contribution in [0.15, 0.2) is 0 Å². The van der Waals surface area contributed by atoms with E-state index in [0.717, 1.165) is 28.1 Å². The number of halogens is 1. The molecule has 0 aliphatic carbocycles. The second-order valence-electron chi connectivity index (χ2n) is 1.96. The summed E-state index contributed by atoms with van der Waals surface area (Å²) in [5.74, 6) is -1.88. The summed E-state index contributed by atoms with van der Waals surface area (Å²) in [6.07, 6.45) is 0. The zero-order valence-electron chi connectivity index (χ0n) is 13.4. The minimum absolute atomic E-state index is 0. The molecule has 0 aromatic carbocycles. The van der Waals surface area contributed by atoms with Gasteiger partial charge in [0.25, 0.3) is 11.9 Å². The molecule has 0 atom stereocenters. The first-order valence-corrected chi connectivity index (χ1v) is 5.12. The fourth-order valence-corrected chi connectivity index (χ4v) is 0.203. The predicted octanol–water partition coefficient (Wildman–Crippen LogP) is -2.26. The number of carboxylic acid groups (broad SMARTS) is 2. The molecular formula is C12H32ClNaO9. The number of esters is 1. The Morgan fingerprint density at radius 3 is 1.00 bits per heavy atom. The summed E-state index contributed by atoms with van der Waals surface area (Å²) in [5.41, 5.74) is 0. The fraction of sp³-hybridized carbons (Fsp3) is 0.750. The molecule has 0 aromatic rings. The van der Waals surface area contributed by atoms with E-state index in [2.05, 4.69) is 16.6 Å². The van der Waals surface area contributed by atoms with Crippen molar-refractivity contribution in [2.24, 2.45) is 0 Å². The van der Waals surface area contributed by atoms with Gasteiger partial charge in [-0.3, -0.25) is 14.4 Å². The second-order valence-corrected chi connectivity index (χ2v) is 1.96. The third-order valence-electron chi connectivity index (χ3n) is 0.348. The van der Waals surface area contributed by atoms with Gasteiger partial charge in [-0.05, 0) is 6.92 Å². The van der Waals surface area contributed by atoms with Gasteiger partial charge in [0.15, 0.2) is 0 Å². The number of rotatable bonds is 1. The van der Waals surface area contributed by atoms with Crippen LogP contribution in [0.2, 0.25) is 0 Å². The number of ether oxygens (including phenoxy) is 1. The zero-order valence-corrected chi connectivity index (χ0v) is 16.2. The third kappa shape index (κ3) is 1240. The summed E-state index contributed by atoms with van der Waals surface area (Å²) in [6, 6.07) is 0. The Hall–Kier alpha value is -0.420. The topological polar surface area (TPSA) is 164 Å². The van der Waals surface area contributed by atoms with Gasteiger partial charge in [0, 0.05) is 35.0 Å². The normalized spacial score (nSPS) is 4.96. The number of carbonyl (C=O) groups excluding carboxylic acids is 1. The minimum Gasteiger partial charge on any atom is -0.769 e. The molecule has 0 fully saturated rings. The van der Waals surface area contributed by atoms with E-state index in [9.17, 15) is 4.79 Å². The van der Waals surface area contributed by atoms with Crippen molar-refractivity contribution in [3.8, 4) is 0 Å². The maximum atomic E-state index is 9.82. The summed E-state index contributed by atoms with van der Waals surface area (Å²) in [6.45, 7) is 5.82. The van der Waals surface area contributed by atoms with Crippen LogP contribution in [0.25, 0.3) is 0 Å². The van der Waals surface area contributed by atoms with Crippen molar-refractivity contribution in [3.05, 3.63) is 0 Å². The maximum absolute atomic E-state index is 9.82. The molecule has 0 heterocycles. The van der Waals surface area contributed by atoms with Gasteiger partial charge in [-0.25, -0.2) is 11.9 Å². The molecule has 23 heavy (non-hydrogen) atoms. The molecule has 9 nitrogen and oxygen atoms in total. The van der Waals surface area contributed by atoms with E-state index in [1.54, 1.807) is 6.92 Å². The van der Waals surface area contributed by atoms with Crippen molar-refractivity contribution in [1.29, 1.82) is 0 Å². The number of hydrogen-bond acceptors (Lipinski definition) is 7. The Labute approximate surface area is 166 Å². The van der Waals surface area contributed by atoms with Crippen molar-refractivity contribution >= 4 is 29.8 Å². The molecule has 0 saturated heterocycles. The quantitative estimate of drug-likeness (QED) is 0.291. The van der Waals surface area contributed by atoms with Crippen LogP contribution in [0, 0.1) is 0 Å². The Morgan fingerprint density at radius 1 is 0.870 bits per heavy atom.